The summed E-state index contributed by atoms with van der Waals surface area (Å²) in [4.78, 5) is 14.6. The molecular formula is C14H20N2O. The average Bonchev–Trinajstić information content (AvgIpc) is 2.38. The van der Waals surface area contributed by atoms with Gasteiger partial charge in [0.05, 0.1) is 0 Å². The van der Waals surface area contributed by atoms with Crippen molar-refractivity contribution in [2.45, 2.75) is 19.4 Å². The fraction of sp³-hybridized carbons (Fsp3) is 0.500. The summed E-state index contributed by atoms with van der Waals surface area (Å²) in [6.07, 6.45) is 2.12. The molecular weight excluding hydrogens is 212 g/mol. The zero-order valence-corrected chi connectivity index (χ0v) is 10.4. The standard InChI is InChI=1S/C14H20N2O/c1-16-7-3-6-13(10-16)14(17)12-5-2-4-11(8-12)9-15/h2,4-5,8,13H,3,6-7,9-10,15H2,1H3. The summed E-state index contributed by atoms with van der Waals surface area (Å²) in [7, 11) is 2.08. The van der Waals surface area contributed by atoms with Gasteiger partial charge in [0.15, 0.2) is 5.78 Å². The first-order valence-corrected chi connectivity index (χ1v) is 6.22. The van der Waals surface area contributed by atoms with E-state index in [1.165, 1.54) is 0 Å². The lowest BCUT2D eigenvalue weighted by molar-refractivity contribution is 0.0843. The van der Waals surface area contributed by atoms with Crippen molar-refractivity contribution in [1.82, 2.24) is 4.90 Å². The molecule has 1 aromatic rings. The molecule has 1 aliphatic rings. The average molecular weight is 232 g/mol. The van der Waals surface area contributed by atoms with E-state index in [4.69, 9.17) is 5.73 Å². The number of hydrogen-bond donors (Lipinski definition) is 1. The predicted molar refractivity (Wildman–Crippen MR) is 68.9 cm³/mol. The maximum absolute atomic E-state index is 12.3. The van der Waals surface area contributed by atoms with E-state index in [0.717, 1.165) is 37.1 Å². The van der Waals surface area contributed by atoms with Crippen LogP contribution in [0.2, 0.25) is 0 Å². The smallest absolute Gasteiger partial charge is 0.167 e. The van der Waals surface area contributed by atoms with Crippen LogP contribution in [0.15, 0.2) is 24.3 Å². The number of hydrogen-bond acceptors (Lipinski definition) is 3. The zero-order valence-electron chi connectivity index (χ0n) is 10.4. The molecule has 0 bridgehead atoms. The minimum atomic E-state index is 0.154. The van der Waals surface area contributed by atoms with Crippen molar-refractivity contribution >= 4 is 5.78 Å². The van der Waals surface area contributed by atoms with Crippen LogP contribution in [0.1, 0.15) is 28.8 Å². The molecule has 0 aromatic heterocycles. The van der Waals surface area contributed by atoms with E-state index in [2.05, 4.69) is 11.9 Å². The predicted octanol–water partition coefficient (Wildman–Crippen LogP) is 1.67. The van der Waals surface area contributed by atoms with E-state index < -0.39 is 0 Å². The van der Waals surface area contributed by atoms with Gasteiger partial charge < -0.3 is 10.6 Å². The fourth-order valence-electron chi connectivity index (χ4n) is 2.47. The van der Waals surface area contributed by atoms with E-state index in [9.17, 15) is 4.79 Å². The van der Waals surface area contributed by atoms with Crippen LogP contribution >= 0.6 is 0 Å². The quantitative estimate of drug-likeness (QED) is 0.806. The maximum Gasteiger partial charge on any atom is 0.167 e. The number of nitrogens with zero attached hydrogens (tertiary/aromatic N) is 1. The van der Waals surface area contributed by atoms with Gasteiger partial charge >= 0.3 is 0 Å². The summed E-state index contributed by atoms with van der Waals surface area (Å²) in [5.74, 6) is 0.425. The van der Waals surface area contributed by atoms with E-state index >= 15 is 0 Å². The van der Waals surface area contributed by atoms with Crippen molar-refractivity contribution in [3.05, 3.63) is 35.4 Å². The summed E-state index contributed by atoms with van der Waals surface area (Å²) >= 11 is 0. The Labute approximate surface area is 103 Å². The molecule has 3 heteroatoms. The van der Waals surface area contributed by atoms with Gasteiger partial charge in [-0.05, 0) is 38.1 Å². The largest absolute Gasteiger partial charge is 0.326 e. The number of carbonyl (C=O) groups is 1. The molecule has 0 spiro atoms. The lowest BCUT2D eigenvalue weighted by atomic mass is 9.90. The van der Waals surface area contributed by atoms with Crippen LogP contribution < -0.4 is 5.73 Å². The molecule has 1 fully saturated rings. The summed E-state index contributed by atoms with van der Waals surface area (Å²) in [5.41, 5.74) is 7.44. The number of likely N-dealkylation sites (tertiary alicyclic amines) is 1. The van der Waals surface area contributed by atoms with Crippen LogP contribution in [0.5, 0.6) is 0 Å². The van der Waals surface area contributed by atoms with Crippen molar-refractivity contribution < 1.29 is 4.79 Å². The van der Waals surface area contributed by atoms with Gasteiger partial charge in [-0.2, -0.15) is 0 Å². The van der Waals surface area contributed by atoms with Crippen molar-refractivity contribution in [3.8, 4) is 0 Å². The Bertz CT molecular complexity index is 403. The van der Waals surface area contributed by atoms with Gasteiger partial charge in [-0.3, -0.25) is 4.79 Å². The Morgan fingerprint density at radius 3 is 3.06 bits per heavy atom. The lowest BCUT2D eigenvalue weighted by Gasteiger charge is -2.28. The Hall–Kier alpha value is -1.19. The number of rotatable bonds is 3. The molecule has 1 aliphatic heterocycles. The molecule has 2 rings (SSSR count). The molecule has 1 aromatic carbocycles. The van der Waals surface area contributed by atoms with E-state index in [1.54, 1.807) is 0 Å². The van der Waals surface area contributed by atoms with Gasteiger partial charge in [-0.25, -0.2) is 0 Å². The molecule has 3 nitrogen and oxygen atoms in total. The van der Waals surface area contributed by atoms with Crippen LogP contribution in [0, 0.1) is 5.92 Å². The Morgan fingerprint density at radius 1 is 1.53 bits per heavy atom. The van der Waals surface area contributed by atoms with E-state index in [1.807, 2.05) is 24.3 Å². The van der Waals surface area contributed by atoms with Gasteiger partial charge in [0, 0.05) is 24.6 Å². The number of piperidine rings is 1. The summed E-state index contributed by atoms with van der Waals surface area (Å²) in [5, 5.41) is 0. The van der Waals surface area contributed by atoms with Gasteiger partial charge in [-0.15, -0.1) is 0 Å². The molecule has 1 unspecified atom stereocenters. The molecule has 2 N–H and O–H groups in total. The highest BCUT2D eigenvalue weighted by Gasteiger charge is 2.24. The second kappa shape index (κ2) is 5.43. The Kier molecular flexibility index (Phi) is 3.92. The van der Waals surface area contributed by atoms with Crippen LogP contribution in [-0.2, 0) is 6.54 Å². The molecule has 92 valence electrons. The highest BCUT2D eigenvalue weighted by Crippen LogP contribution is 2.20. The van der Waals surface area contributed by atoms with Crippen molar-refractivity contribution in [1.29, 1.82) is 0 Å². The minimum absolute atomic E-state index is 0.154. The number of nitrogens with two attached hydrogens (primary N) is 1. The minimum Gasteiger partial charge on any atom is -0.326 e. The van der Waals surface area contributed by atoms with Crippen molar-refractivity contribution in [2.75, 3.05) is 20.1 Å². The number of Topliss-reactive ketones (excluding diaryl/α,β-unsaturated/α-hetero) is 1. The first kappa shape index (κ1) is 12.3. The van der Waals surface area contributed by atoms with Gasteiger partial charge in [0.25, 0.3) is 0 Å². The van der Waals surface area contributed by atoms with Crippen LogP contribution in [0.3, 0.4) is 0 Å². The molecule has 1 atom stereocenters. The number of benzene rings is 1. The Balaban J connectivity index is 2.12. The first-order valence-electron chi connectivity index (χ1n) is 6.22. The number of carbonyl (C=O) groups excluding carboxylic acids is 1. The maximum atomic E-state index is 12.3. The second-order valence-corrected chi connectivity index (χ2v) is 4.87. The van der Waals surface area contributed by atoms with Gasteiger partial charge in [0.2, 0.25) is 0 Å². The van der Waals surface area contributed by atoms with Crippen LogP contribution in [0.25, 0.3) is 0 Å². The Morgan fingerprint density at radius 2 is 2.35 bits per heavy atom. The SMILES string of the molecule is CN1CCCC(C(=O)c2cccc(CN)c2)C1. The third-order valence-corrected chi connectivity index (χ3v) is 3.44. The molecule has 17 heavy (non-hydrogen) atoms. The van der Waals surface area contributed by atoms with E-state index in [-0.39, 0.29) is 11.7 Å². The third-order valence-electron chi connectivity index (χ3n) is 3.44. The first-order chi connectivity index (χ1) is 8.20. The van der Waals surface area contributed by atoms with Crippen molar-refractivity contribution in [2.24, 2.45) is 11.7 Å². The van der Waals surface area contributed by atoms with Crippen LogP contribution in [0.4, 0.5) is 0 Å². The zero-order chi connectivity index (χ0) is 12.3. The fourth-order valence-corrected chi connectivity index (χ4v) is 2.47. The normalized spacial score (nSPS) is 21.4. The third kappa shape index (κ3) is 2.93. The topological polar surface area (TPSA) is 46.3 Å². The molecule has 1 heterocycles. The highest BCUT2D eigenvalue weighted by molar-refractivity contribution is 5.98. The molecule has 0 aliphatic carbocycles. The van der Waals surface area contributed by atoms with Gasteiger partial charge in [-0.1, -0.05) is 18.2 Å². The monoisotopic (exact) mass is 232 g/mol. The lowest BCUT2D eigenvalue weighted by Crippen LogP contribution is -2.36. The molecule has 1 saturated heterocycles. The molecule has 0 amide bonds. The number of ketones is 1. The van der Waals surface area contributed by atoms with Crippen molar-refractivity contribution in [3.63, 3.8) is 0 Å². The second-order valence-electron chi connectivity index (χ2n) is 4.87. The molecule has 0 radical (unpaired) electrons. The van der Waals surface area contributed by atoms with E-state index in [0.29, 0.717) is 6.54 Å². The van der Waals surface area contributed by atoms with Crippen LogP contribution in [-0.4, -0.2) is 30.8 Å². The summed E-state index contributed by atoms with van der Waals surface area (Å²) in [6, 6.07) is 7.71. The highest BCUT2D eigenvalue weighted by atomic mass is 16.1. The summed E-state index contributed by atoms with van der Waals surface area (Å²) < 4.78 is 0. The summed E-state index contributed by atoms with van der Waals surface area (Å²) in [6.45, 7) is 2.48. The van der Waals surface area contributed by atoms with Gasteiger partial charge in [0.1, 0.15) is 0 Å². The molecule has 0 saturated carbocycles.